The Kier molecular flexibility index (Phi) is 4.47. The van der Waals surface area contributed by atoms with Gasteiger partial charge in [-0.2, -0.15) is 4.52 Å². The Balaban J connectivity index is 1.42. The monoisotopic (exact) mass is 354 g/mol. The molecule has 1 aromatic carbocycles. The van der Waals surface area contributed by atoms with Crippen LogP contribution in [0, 0.1) is 5.82 Å². The highest BCUT2D eigenvalue weighted by Crippen LogP contribution is 2.18. The van der Waals surface area contributed by atoms with Crippen molar-refractivity contribution in [2.75, 3.05) is 24.5 Å². The molecule has 0 atom stereocenters. The summed E-state index contributed by atoms with van der Waals surface area (Å²) in [7, 11) is 0. The van der Waals surface area contributed by atoms with Gasteiger partial charge in [0.2, 0.25) is 0 Å². The number of halogens is 1. The minimum atomic E-state index is -0.364. The zero-order valence-electron chi connectivity index (χ0n) is 14.2. The number of fused-ring (bicyclic) bond motifs is 1. The van der Waals surface area contributed by atoms with E-state index in [9.17, 15) is 9.18 Å². The van der Waals surface area contributed by atoms with Crippen molar-refractivity contribution in [1.82, 2.24) is 25.1 Å². The fourth-order valence-corrected chi connectivity index (χ4v) is 3.09. The molecule has 8 heteroatoms. The van der Waals surface area contributed by atoms with E-state index in [0.717, 1.165) is 18.9 Å². The molecular weight excluding hydrogens is 335 g/mol. The first kappa shape index (κ1) is 16.4. The molecule has 26 heavy (non-hydrogen) atoms. The smallest absolute Gasteiger partial charge is 0.251 e. The summed E-state index contributed by atoms with van der Waals surface area (Å²) in [5.74, 6) is 1.01. The van der Waals surface area contributed by atoms with E-state index in [2.05, 4.69) is 25.5 Å². The zero-order chi connectivity index (χ0) is 17.9. The number of hydrogen-bond acceptors (Lipinski definition) is 5. The molecule has 0 bridgehead atoms. The number of aromatic nitrogens is 4. The standard InChI is InChI=1S/C18H19FN6O/c19-14-5-3-13(4-6-14)18(26)20-10-9-16-22-21-15-7-8-17(23-25(15)16)24-11-1-2-12-24/h3-8H,1-2,9-12H2,(H,20,26). The number of rotatable bonds is 5. The topological polar surface area (TPSA) is 75.4 Å². The van der Waals surface area contributed by atoms with Gasteiger partial charge in [-0.25, -0.2) is 4.39 Å². The van der Waals surface area contributed by atoms with E-state index in [1.165, 1.54) is 37.1 Å². The molecule has 1 aliphatic rings. The number of nitrogens with one attached hydrogen (secondary N) is 1. The molecule has 3 aromatic rings. The van der Waals surface area contributed by atoms with Crippen molar-refractivity contribution < 1.29 is 9.18 Å². The molecule has 2 aromatic heterocycles. The lowest BCUT2D eigenvalue weighted by molar-refractivity contribution is 0.0954. The van der Waals surface area contributed by atoms with E-state index in [0.29, 0.717) is 30.0 Å². The van der Waals surface area contributed by atoms with Gasteiger partial charge in [0.15, 0.2) is 11.5 Å². The summed E-state index contributed by atoms with van der Waals surface area (Å²) >= 11 is 0. The molecule has 1 amide bonds. The van der Waals surface area contributed by atoms with Crippen molar-refractivity contribution >= 4 is 17.4 Å². The minimum absolute atomic E-state index is 0.246. The lowest BCUT2D eigenvalue weighted by Gasteiger charge is -2.15. The van der Waals surface area contributed by atoms with Crippen molar-refractivity contribution in [3.63, 3.8) is 0 Å². The lowest BCUT2D eigenvalue weighted by atomic mass is 10.2. The largest absolute Gasteiger partial charge is 0.355 e. The van der Waals surface area contributed by atoms with Crippen molar-refractivity contribution in [2.45, 2.75) is 19.3 Å². The summed E-state index contributed by atoms with van der Waals surface area (Å²) in [6.45, 7) is 2.43. The van der Waals surface area contributed by atoms with E-state index >= 15 is 0 Å². The summed E-state index contributed by atoms with van der Waals surface area (Å²) in [5, 5.41) is 15.8. The maximum atomic E-state index is 12.9. The van der Waals surface area contributed by atoms with Crippen LogP contribution in [0.3, 0.4) is 0 Å². The van der Waals surface area contributed by atoms with Crippen molar-refractivity contribution in [3.8, 4) is 0 Å². The number of anilines is 1. The van der Waals surface area contributed by atoms with Gasteiger partial charge in [-0.1, -0.05) is 0 Å². The van der Waals surface area contributed by atoms with Crippen LogP contribution in [0.1, 0.15) is 29.0 Å². The fourth-order valence-electron chi connectivity index (χ4n) is 3.09. The molecular formula is C18H19FN6O. The summed E-state index contributed by atoms with van der Waals surface area (Å²) in [5.41, 5.74) is 1.11. The second kappa shape index (κ2) is 7.07. The predicted octanol–water partition coefficient (Wildman–Crippen LogP) is 1.84. The number of nitrogens with zero attached hydrogens (tertiary/aromatic N) is 5. The first-order chi connectivity index (χ1) is 12.7. The van der Waals surface area contributed by atoms with E-state index in [-0.39, 0.29) is 11.7 Å². The van der Waals surface area contributed by atoms with Gasteiger partial charge in [-0.05, 0) is 49.2 Å². The van der Waals surface area contributed by atoms with Crippen LogP contribution in [0.4, 0.5) is 10.2 Å². The average Bonchev–Trinajstić information content (AvgIpc) is 3.32. The van der Waals surface area contributed by atoms with Crippen molar-refractivity contribution in [1.29, 1.82) is 0 Å². The highest BCUT2D eigenvalue weighted by atomic mass is 19.1. The van der Waals surface area contributed by atoms with Crippen molar-refractivity contribution in [2.24, 2.45) is 0 Å². The average molecular weight is 354 g/mol. The van der Waals surface area contributed by atoms with Crippen molar-refractivity contribution in [3.05, 3.63) is 53.6 Å². The van der Waals surface area contributed by atoms with Gasteiger partial charge in [0, 0.05) is 31.6 Å². The van der Waals surface area contributed by atoms with E-state index in [4.69, 9.17) is 0 Å². The Bertz CT molecular complexity index is 917. The molecule has 0 saturated carbocycles. The maximum absolute atomic E-state index is 12.9. The number of hydrogen-bond donors (Lipinski definition) is 1. The van der Waals surface area contributed by atoms with Crippen LogP contribution < -0.4 is 10.2 Å². The quantitative estimate of drug-likeness (QED) is 0.757. The van der Waals surface area contributed by atoms with Gasteiger partial charge in [-0.15, -0.1) is 15.3 Å². The van der Waals surface area contributed by atoms with E-state index < -0.39 is 0 Å². The maximum Gasteiger partial charge on any atom is 0.251 e. The summed E-state index contributed by atoms with van der Waals surface area (Å²) in [6, 6.07) is 9.33. The van der Waals surface area contributed by atoms with Crippen LogP contribution in [-0.2, 0) is 6.42 Å². The van der Waals surface area contributed by atoms with Crippen LogP contribution in [0.15, 0.2) is 36.4 Å². The molecule has 1 N–H and O–H groups in total. The first-order valence-corrected chi connectivity index (χ1v) is 8.71. The summed E-state index contributed by atoms with van der Waals surface area (Å²) < 4.78 is 14.7. The minimum Gasteiger partial charge on any atom is -0.355 e. The highest BCUT2D eigenvalue weighted by molar-refractivity contribution is 5.94. The molecule has 0 spiro atoms. The Hall–Kier alpha value is -3.03. The number of amides is 1. The van der Waals surface area contributed by atoms with Crippen LogP contribution in [-0.4, -0.2) is 45.4 Å². The molecule has 0 aliphatic carbocycles. The molecule has 4 rings (SSSR count). The molecule has 0 unspecified atom stereocenters. The summed E-state index contributed by atoms with van der Waals surface area (Å²) in [4.78, 5) is 14.3. The first-order valence-electron chi connectivity index (χ1n) is 8.71. The third kappa shape index (κ3) is 3.35. The molecule has 0 radical (unpaired) electrons. The molecule has 7 nitrogen and oxygen atoms in total. The molecule has 1 saturated heterocycles. The molecule has 3 heterocycles. The zero-order valence-corrected chi connectivity index (χ0v) is 14.2. The normalized spacial score (nSPS) is 14.1. The van der Waals surface area contributed by atoms with Gasteiger partial charge in [0.25, 0.3) is 5.91 Å². The Morgan fingerprint density at radius 1 is 1.08 bits per heavy atom. The Labute approximate surface area is 149 Å². The number of benzene rings is 1. The molecule has 134 valence electrons. The second-order valence-corrected chi connectivity index (χ2v) is 6.28. The van der Waals surface area contributed by atoms with Crippen LogP contribution in [0.5, 0.6) is 0 Å². The third-order valence-corrected chi connectivity index (χ3v) is 4.48. The lowest BCUT2D eigenvalue weighted by Crippen LogP contribution is -2.26. The van der Waals surface area contributed by atoms with Gasteiger partial charge in [0.05, 0.1) is 0 Å². The fraction of sp³-hybridized carbons (Fsp3) is 0.333. The summed E-state index contributed by atoms with van der Waals surface area (Å²) in [6.07, 6.45) is 2.87. The van der Waals surface area contributed by atoms with Crippen LogP contribution in [0.2, 0.25) is 0 Å². The van der Waals surface area contributed by atoms with Crippen LogP contribution in [0.25, 0.3) is 5.65 Å². The SMILES string of the molecule is O=C(NCCc1nnc2ccc(N3CCCC3)nn12)c1ccc(F)cc1. The van der Waals surface area contributed by atoms with E-state index in [1.807, 2.05) is 12.1 Å². The Morgan fingerprint density at radius 2 is 1.85 bits per heavy atom. The molecule has 1 aliphatic heterocycles. The number of carbonyl (C=O) groups excluding carboxylic acids is 1. The number of carbonyl (C=O) groups is 1. The van der Waals surface area contributed by atoms with Gasteiger partial charge < -0.3 is 10.2 Å². The third-order valence-electron chi connectivity index (χ3n) is 4.48. The Morgan fingerprint density at radius 3 is 2.62 bits per heavy atom. The van der Waals surface area contributed by atoms with Crippen LogP contribution >= 0.6 is 0 Å². The second-order valence-electron chi connectivity index (χ2n) is 6.28. The van der Waals surface area contributed by atoms with Gasteiger partial charge in [-0.3, -0.25) is 4.79 Å². The van der Waals surface area contributed by atoms with Gasteiger partial charge >= 0.3 is 0 Å². The molecule has 1 fully saturated rings. The highest BCUT2D eigenvalue weighted by Gasteiger charge is 2.16. The van der Waals surface area contributed by atoms with Gasteiger partial charge in [0.1, 0.15) is 11.6 Å². The predicted molar refractivity (Wildman–Crippen MR) is 94.7 cm³/mol. The van der Waals surface area contributed by atoms with E-state index in [1.54, 1.807) is 4.52 Å².